The number of rotatable bonds is 5. The average Bonchev–Trinajstić information content (AvgIpc) is 3.24. The maximum atomic E-state index is 11.7. The van der Waals surface area contributed by atoms with Crippen molar-refractivity contribution >= 4 is 17.3 Å². The van der Waals surface area contributed by atoms with Crippen LogP contribution in [-0.2, 0) is 11.3 Å². The number of H-pyrrole nitrogens is 1. The summed E-state index contributed by atoms with van der Waals surface area (Å²) in [4.78, 5) is 19.0. The molecule has 1 N–H and O–H groups in total. The lowest BCUT2D eigenvalue weighted by molar-refractivity contribution is 0.0462. The summed E-state index contributed by atoms with van der Waals surface area (Å²) in [5.74, 6) is 0.397. The smallest absolute Gasteiger partial charge is 0.355 e. The lowest BCUT2D eigenvalue weighted by atomic mass is 10.2. The lowest BCUT2D eigenvalue weighted by Gasteiger charge is -2.02. The number of thiazole rings is 1. The molecule has 2 heterocycles. The number of hydrogen-bond donors (Lipinski definition) is 1. The van der Waals surface area contributed by atoms with Crippen molar-refractivity contribution < 1.29 is 14.3 Å². The van der Waals surface area contributed by atoms with Gasteiger partial charge in [-0.3, -0.25) is 0 Å². The van der Waals surface area contributed by atoms with Gasteiger partial charge in [-0.05, 0) is 24.3 Å². The Bertz CT molecular complexity index is 765. The fourth-order valence-corrected chi connectivity index (χ4v) is 2.74. The number of nitrogens with one attached hydrogen (secondary N) is 1. The topological polar surface area (TPSA) is 64.2 Å². The summed E-state index contributed by atoms with van der Waals surface area (Å²) < 4.78 is 10.4. The third-order valence-corrected chi connectivity index (χ3v) is 3.98. The first kappa shape index (κ1) is 14.3. The second-order valence-corrected chi connectivity index (χ2v) is 5.39. The van der Waals surface area contributed by atoms with E-state index < -0.39 is 0 Å². The standard InChI is InChI=1S/C16H14N2O3S/c1-20-13-5-2-4-11(8-13)15-18-12(10-22-15)9-21-16(19)14-6-3-7-17-14/h2-8,10,17H,9H2,1H3. The Labute approximate surface area is 131 Å². The lowest BCUT2D eigenvalue weighted by Crippen LogP contribution is -2.05. The quantitative estimate of drug-likeness (QED) is 0.732. The van der Waals surface area contributed by atoms with E-state index in [4.69, 9.17) is 9.47 Å². The molecule has 5 nitrogen and oxygen atoms in total. The zero-order valence-electron chi connectivity index (χ0n) is 11.9. The average molecular weight is 314 g/mol. The van der Waals surface area contributed by atoms with Crippen LogP contribution in [0.1, 0.15) is 16.2 Å². The Morgan fingerprint density at radius 2 is 2.23 bits per heavy atom. The predicted molar refractivity (Wildman–Crippen MR) is 84.0 cm³/mol. The highest BCUT2D eigenvalue weighted by Gasteiger charge is 2.10. The third kappa shape index (κ3) is 3.17. The van der Waals surface area contributed by atoms with Crippen molar-refractivity contribution in [1.29, 1.82) is 0 Å². The molecule has 0 spiro atoms. The minimum absolute atomic E-state index is 0.151. The van der Waals surface area contributed by atoms with E-state index in [1.807, 2.05) is 29.6 Å². The Kier molecular flexibility index (Phi) is 4.20. The highest BCUT2D eigenvalue weighted by atomic mass is 32.1. The van der Waals surface area contributed by atoms with Crippen LogP contribution in [0.4, 0.5) is 0 Å². The summed E-state index contributed by atoms with van der Waals surface area (Å²) in [5, 5.41) is 2.75. The van der Waals surface area contributed by atoms with Crippen molar-refractivity contribution in [1.82, 2.24) is 9.97 Å². The van der Waals surface area contributed by atoms with Crippen molar-refractivity contribution in [3.8, 4) is 16.3 Å². The fraction of sp³-hybridized carbons (Fsp3) is 0.125. The number of aromatic nitrogens is 2. The second-order valence-electron chi connectivity index (χ2n) is 4.54. The molecule has 0 atom stereocenters. The number of nitrogens with zero attached hydrogens (tertiary/aromatic N) is 1. The maximum Gasteiger partial charge on any atom is 0.355 e. The summed E-state index contributed by atoms with van der Waals surface area (Å²) in [6.45, 7) is 0.151. The molecule has 0 aliphatic rings. The normalized spacial score (nSPS) is 10.4. The van der Waals surface area contributed by atoms with Crippen LogP contribution in [0.25, 0.3) is 10.6 Å². The minimum atomic E-state index is -0.388. The number of methoxy groups -OCH3 is 1. The molecule has 0 aliphatic carbocycles. The maximum absolute atomic E-state index is 11.7. The number of esters is 1. The van der Waals surface area contributed by atoms with Gasteiger partial charge in [-0.15, -0.1) is 11.3 Å². The van der Waals surface area contributed by atoms with Crippen LogP contribution < -0.4 is 4.74 Å². The molecule has 0 radical (unpaired) electrons. The fourth-order valence-electron chi connectivity index (χ4n) is 1.94. The van der Waals surface area contributed by atoms with E-state index in [-0.39, 0.29) is 12.6 Å². The van der Waals surface area contributed by atoms with Crippen LogP contribution in [0, 0.1) is 0 Å². The molecule has 6 heteroatoms. The first-order chi connectivity index (χ1) is 10.8. The summed E-state index contributed by atoms with van der Waals surface area (Å²) >= 11 is 1.51. The number of aromatic amines is 1. The van der Waals surface area contributed by atoms with Gasteiger partial charge in [0.2, 0.25) is 0 Å². The number of ether oxygens (including phenoxy) is 2. The molecule has 0 amide bonds. The number of benzene rings is 1. The Balaban J connectivity index is 1.67. The van der Waals surface area contributed by atoms with Crippen LogP contribution in [0.3, 0.4) is 0 Å². The zero-order chi connectivity index (χ0) is 15.4. The number of carbonyl (C=O) groups excluding carboxylic acids is 1. The molecule has 0 aliphatic heterocycles. The monoisotopic (exact) mass is 314 g/mol. The molecule has 1 aromatic carbocycles. The molecule has 3 rings (SSSR count). The van der Waals surface area contributed by atoms with Gasteiger partial charge in [0, 0.05) is 17.1 Å². The van der Waals surface area contributed by atoms with Gasteiger partial charge in [0.15, 0.2) is 0 Å². The van der Waals surface area contributed by atoms with Gasteiger partial charge < -0.3 is 14.5 Å². The molecular formula is C16H14N2O3S. The minimum Gasteiger partial charge on any atom is -0.497 e. The van der Waals surface area contributed by atoms with Crippen molar-refractivity contribution in [3.05, 3.63) is 59.4 Å². The van der Waals surface area contributed by atoms with E-state index in [2.05, 4.69) is 9.97 Å². The van der Waals surface area contributed by atoms with E-state index in [1.165, 1.54) is 11.3 Å². The van der Waals surface area contributed by atoms with E-state index in [0.29, 0.717) is 5.69 Å². The molecule has 22 heavy (non-hydrogen) atoms. The molecular weight excluding hydrogens is 300 g/mol. The molecule has 0 saturated carbocycles. The van der Waals surface area contributed by atoms with Crippen LogP contribution in [0.2, 0.25) is 0 Å². The summed E-state index contributed by atoms with van der Waals surface area (Å²) in [5.41, 5.74) is 2.14. The Morgan fingerprint density at radius 1 is 1.32 bits per heavy atom. The summed E-state index contributed by atoms with van der Waals surface area (Å²) in [7, 11) is 1.63. The van der Waals surface area contributed by atoms with E-state index in [0.717, 1.165) is 22.0 Å². The Hall–Kier alpha value is -2.60. The zero-order valence-corrected chi connectivity index (χ0v) is 12.7. The first-order valence-corrected chi connectivity index (χ1v) is 7.53. The van der Waals surface area contributed by atoms with Crippen LogP contribution in [-0.4, -0.2) is 23.0 Å². The van der Waals surface area contributed by atoms with Gasteiger partial charge in [-0.2, -0.15) is 0 Å². The van der Waals surface area contributed by atoms with Gasteiger partial charge in [0.25, 0.3) is 0 Å². The predicted octanol–water partition coefficient (Wildman–Crippen LogP) is 3.50. The van der Waals surface area contributed by atoms with Crippen molar-refractivity contribution in [2.75, 3.05) is 7.11 Å². The molecule has 0 bridgehead atoms. The first-order valence-electron chi connectivity index (χ1n) is 6.65. The highest BCUT2D eigenvalue weighted by Crippen LogP contribution is 2.27. The van der Waals surface area contributed by atoms with Crippen LogP contribution in [0.5, 0.6) is 5.75 Å². The summed E-state index contributed by atoms with van der Waals surface area (Å²) in [6.07, 6.45) is 1.68. The van der Waals surface area contributed by atoms with Crippen molar-refractivity contribution in [2.45, 2.75) is 6.61 Å². The largest absolute Gasteiger partial charge is 0.497 e. The van der Waals surface area contributed by atoms with Gasteiger partial charge in [-0.1, -0.05) is 12.1 Å². The highest BCUT2D eigenvalue weighted by molar-refractivity contribution is 7.13. The molecule has 3 aromatic rings. The Morgan fingerprint density at radius 3 is 3.00 bits per heavy atom. The van der Waals surface area contributed by atoms with Gasteiger partial charge >= 0.3 is 5.97 Å². The molecule has 112 valence electrons. The van der Waals surface area contributed by atoms with Crippen molar-refractivity contribution in [2.24, 2.45) is 0 Å². The molecule has 0 unspecified atom stereocenters. The second kappa shape index (κ2) is 6.44. The molecule has 0 saturated heterocycles. The van der Waals surface area contributed by atoms with Crippen LogP contribution in [0.15, 0.2) is 48.0 Å². The molecule has 2 aromatic heterocycles. The number of hydrogen-bond acceptors (Lipinski definition) is 5. The summed E-state index contributed by atoms with van der Waals surface area (Å²) in [6, 6.07) is 11.1. The van der Waals surface area contributed by atoms with E-state index in [9.17, 15) is 4.79 Å². The molecule has 0 fully saturated rings. The number of carbonyl (C=O) groups is 1. The van der Waals surface area contributed by atoms with Gasteiger partial charge in [0.05, 0.1) is 12.8 Å². The van der Waals surface area contributed by atoms with Gasteiger partial charge in [0.1, 0.15) is 23.1 Å². The van der Waals surface area contributed by atoms with Crippen molar-refractivity contribution in [3.63, 3.8) is 0 Å². The van der Waals surface area contributed by atoms with Gasteiger partial charge in [-0.25, -0.2) is 9.78 Å². The third-order valence-electron chi connectivity index (χ3n) is 3.04. The van der Waals surface area contributed by atoms with E-state index in [1.54, 1.807) is 25.4 Å². The van der Waals surface area contributed by atoms with Crippen LogP contribution >= 0.6 is 11.3 Å². The van der Waals surface area contributed by atoms with E-state index >= 15 is 0 Å². The SMILES string of the molecule is COc1cccc(-c2nc(COC(=O)c3ccc[nH]3)cs2)c1.